The van der Waals surface area contributed by atoms with Crippen LogP contribution in [0.1, 0.15) is 0 Å². The molecule has 0 aliphatic heterocycles. The second kappa shape index (κ2) is 8.59. The van der Waals surface area contributed by atoms with E-state index >= 15 is 0 Å². The molecule has 29 heavy (non-hydrogen) atoms. The summed E-state index contributed by atoms with van der Waals surface area (Å²) in [5, 5.41) is 8.29. The number of ether oxygens (including phenoxy) is 6. The van der Waals surface area contributed by atoms with E-state index in [0.717, 1.165) is 5.56 Å². The number of hydrogen-bond donors (Lipinski definition) is 0. The fourth-order valence-electron chi connectivity index (χ4n) is 3.04. The van der Waals surface area contributed by atoms with Crippen molar-refractivity contribution in [1.29, 1.82) is 0 Å². The smallest absolute Gasteiger partial charge is 0.203 e. The zero-order valence-corrected chi connectivity index (χ0v) is 17.2. The van der Waals surface area contributed by atoms with E-state index in [1.165, 1.54) is 0 Å². The summed E-state index contributed by atoms with van der Waals surface area (Å²) in [6.07, 6.45) is 1.64. The van der Waals surface area contributed by atoms with Gasteiger partial charge in [0, 0.05) is 17.7 Å². The molecule has 0 bridgehead atoms. The molecule has 2 aromatic carbocycles. The average Bonchev–Trinajstić information content (AvgIpc) is 3.26. The third-order valence-electron chi connectivity index (χ3n) is 4.40. The van der Waals surface area contributed by atoms with Crippen molar-refractivity contribution < 1.29 is 28.4 Å². The Balaban J connectivity index is 2.19. The lowest BCUT2D eigenvalue weighted by atomic mass is 10.1. The molecule has 154 valence electrons. The second-order valence-corrected chi connectivity index (χ2v) is 5.83. The molecule has 9 nitrogen and oxygen atoms in total. The quantitative estimate of drug-likeness (QED) is 0.569. The van der Waals surface area contributed by atoms with E-state index in [4.69, 9.17) is 28.4 Å². The van der Waals surface area contributed by atoms with Crippen LogP contribution in [0.3, 0.4) is 0 Å². The molecule has 0 saturated carbocycles. The van der Waals surface area contributed by atoms with Crippen molar-refractivity contribution in [3.05, 3.63) is 30.5 Å². The highest BCUT2D eigenvalue weighted by Gasteiger charge is 2.20. The summed E-state index contributed by atoms with van der Waals surface area (Å²) in [5.41, 5.74) is 2.16. The highest BCUT2D eigenvalue weighted by Crippen LogP contribution is 2.43. The van der Waals surface area contributed by atoms with Crippen molar-refractivity contribution in [3.8, 4) is 51.4 Å². The molecule has 0 amide bonds. The minimum Gasteiger partial charge on any atom is -0.493 e. The van der Waals surface area contributed by atoms with E-state index in [9.17, 15) is 0 Å². The summed E-state index contributed by atoms with van der Waals surface area (Å²) in [7, 11) is 9.36. The molecule has 3 aromatic rings. The Labute approximate surface area is 168 Å². The summed E-state index contributed by atoms with van der Waals surface area (Å²) in [4.78, 5) is 0. The van der Waals surface area contributed by atoms with Gasteiger partial charge in [-0.1, -0.05) is 5.21 Å². The molecule has 0 aliphatic carbocycles. The minimum absolute atomic E-state index is 0.494. The molecular formula is C20H23N3O6. The van der Waals surface area contributed by atoms with Gasteiger partial charge in [-0.15, -0.1) is 5.10 Å². The Kier molecular flexibility index (Phi) is 5.96. The van der Waals surface area contributed by atoms with E-state index in [1.54, 1.807) is 65.7 Å². The Morgan fingerprint density at radius 2 is 1.07 bits per heavy atom. The fourth-order valence-corrected chi connectivity index (χ4v) is 3.04. The number of rotatable bonds is 8. The summed E-state index contributed by atoms with van der Waals surface area (Å²) in [6, 6.07) is 7.23. The number of nitrogens with zero attached hydrogens (tertiary/aromatic N) is 3. The van der Waals surface area contributed by atoms with Crippen molar-refractivity contribution >= 4 is 0 Å². The van der Waals surface area contributed by atoms with Crippen molar-refractivity contribution in [3.63, 3.8) is 0 Å². The predicted octanol–water partition coefficient (Wildman–Crippen LogP) is 2.99. The van der Waals surface area contributed by atoms with E-state index in [1.807, 2.05) is 12.1 Å². The molecule has 0 radical (unpaired) electrons. The van der Waals surface area contributed by atoms with Crippen LogP contribution in [0.5, 0.6) is 34.5 Å². The minimum atomic E-state index is 0.494. The Morgan fingerprint density at radius 1 is 0.621 bits per heavy atom. The zero-order chi connectivity index (χ0) is 21.0. The van der Waals surface area contributed by atoms with E-state index in [-0.39, 0.29) is 0 Å². The first kappa shape index (κ1) is 20.1. The van der Waals surface area contributed by atoms with E-state index in [2.05, 4.69) is 10.3 Å². The van der Waals surface area contributed by atoms with Gasteiger partial charge in [0.1, 0.15) is 0 Å². The normalized spacial score (nSPS) is 10.4. The second-order valence-electron chi connectivity index (χ2n) is 5.83. The van der Waals surface area contributed by atoms with Crippen LogP contribution in [0.15, 0.2) is 30.5 Å². The molecule has 1 heterocycles. The first-order chi connectivity index (χ1) is 14.1. The van der Waals surface area contributed by atoms with Crippen LogP contribution in [0.2, 0.25) is 0 Å². The molecule has 0 spiro atoms. The van der Waals surface area contributed by atoms with Gasteiger partial charge in [-0.05, 0) is 12.1 Å². The molecule has 3 rings (SSSR count). The highest BCUT2D eigenvalue weighted by atomic mass is 16.5. The van der Waals surface area contributed by atoms with Gasteiger partial charge < -0.3 is 28.4 Å². The maximum atomic E-state index is 5.45. The van der Waals surface area contributed by atoms with Gasteiger partial charge in [0.2, 0.25) is 11.5 Å². The zero-order valence-electron chi connectivity index (χ0n) is 17.2. The van der Waals surface area contributed by atoms with Crippen LogP contribution in [-0.2, 0) is 0 Å². The summed E-state index contributed by atoms with van der Waals surface area (Å²) in [6.45, 7) is 0. The third kappa shape index (κ3) is 3.58. The van der Waals surface area contributed by atoms with Gasteiger partial charge in [0.15, 0.2) is 23.0 Å². The van der Waals surface area contributed by atoms with Crippen molar-refractivity contribution in [2.45, 2.75) is 0 Å². The van der Waals surface area contributed by atoms with Crippen LogP contribution in [0.25, 0.3) is 16.9 Å². The first-order valence-electron chi connectivity index (χ1n) is 8.63. The van der Waals surface area contributed by atoms with Crippen LogP contribution in [0, 0.1) is 0 Å². The third-order valence-corrected chi connectivity index (χ3v) is 4.40. The highest BCUT2D eigenvalue weighted by molar-refractivity contribution is 5.70. The molecule has 0 aliphatic rings. The maximum Gasteiger partial charge on any atom is 0.203 e. The number of hydrogen-bond acceptors (Lipinski definition) is 8. The molecule has 0 unspecified atom stereocenters. The van der Waals surface area contributed by atoms with Gasteiger partial charge >= 0.3 is 0 Å². The van der Waals surface area contributed by atoms with Gasteiger partial charge in [-0.2, -0.15) is 0 Å². The van der Waals surface area contributed by atoms with Crippen LogP contribution >= 0.6 is 0 Å². The van der Waals surface area contributed by atoms with Crippen molar-refractivity contribution in [2.24, 2.45) is 0 Å². The fraction of sp³-hybridized carbons (Fsp3) is 0.300. The van der Waals surface area contributed by atoms with Gasteiger partial charge in [-0.25, -0.2) is 4.68 Å². The van der Waals surface area contributed by atoms with Gasteiger partial charge in [0.25, 0.3) is 0 Å². The molecule has 0 fully saturated rings. The maximum absolute atomic E-state index is 5.45. The number of methoxy groups -OCH3 is 6. The van der Waals surface area contributed by atoms with Crippen molar-refractivity contribution in [1.82, 2.24) is 15.0 Å². The number of benzene rings is 2. The monoisotopic (exact) mass is 401 g/mol. The number of aromatic nitrogens is 3. The summed E-state index contributed by atoms with van der Waals surface area (Å²) in [5.74, 6) is 3.07. The molecular weight excluding hydrogens is 378 g/mol. The largest absolute Gasteiger partial charge is 0.493 e. The standard InChI is InChI=1S/C20H23N3O6/c1-24-15-7-12(8-16(25-2)19(15)28-5)14-11-21-22-23(14)13-9-17(26-3)20(29-6)18(10-13)27-4/h7-11H,1-6H3. The topological polar surface area (TPSA) is 86.1 Å². The van der Waals surface area contributed by atoms with Crippen LogP contribution in [-0.4, -0.2) is 57.7 Å². The molecule has 0 atom stereocenters. The lowest BCUT2D eigenvalue weighted by Crippen LogP contribution is -2.03. The predicted molar refractivity (Wildman–Crippen MR) is 106 cm³/mol. The Hall–Kier alpha value is -3.62. The SMILES string of the molecule is COc1cc(-c2cnnn2-c2cc(OC)c(OC)c(OC)c2)cc(OC)c1OC. The molecule has 1 aromatic heterocycles. The van der Waals surface area contributed by atoms with Crippen LogP contribution < -0.4 is 28.4 Å². The lowest BCUT2D eigenvalue weighted by Gasteiger charge is -2.16. The molecule has 9 heteroatoms. The van der Waals surface area contributed by atoms with Crippen molar-refractivity contribution in [2.75, 3.05) is 42.7 Å². The van der Waals surface area contributed by atoms with E-state index < -0.39 is 0 Å². The summed E-state index contributed by atoms with van der Waals surface area (Å²) < 4.78 is 34.2. The Bertz CT molecular complexity index is 874. The molecule has 0 N–H and O–H groups in total. The average molecular weight is 401 g/mol. The molecule has 0 saturated heterocycles. The van der Waals surface area contributed by atoms with Crippen LogP contribution in [0.4, 0.5) is 0 Å². The Morgan fingerprint density at radius 3 is 1.48 bits per heavy atom. The first-order valence-corrected chi connectivity index (χ1v) is 8.63. The summed E-state index contributed by atoms with van der Waals surface area (Å²) >= 11 is 0. The van der Waals surface area contributed by atoms with Gasteiger partial charge in [0.05, 0.1) is 60.2 Å². The van der Waals surface area contributed by atoms with E-state index in [0.29, 0.717) is 45.9 Å². The lowest BCUT2D eigenvalue weighted by molar-refractivity contribution is 0.324. The van der Waals surface area contributed by atoms with Gasteiger partial charge in [-0.3, -0.25) is 0 Å².